The predicted octanol–water partition coefficient (Wildman–Crippen LogP) is 14.8. The minimum Gasteiger partial charge on any atom is -0.462 e. The lowest BCUT2D eigenvalue weighted by molar-refractivity contribution is -0.150. The summed E-state index contributed by atoms with van der Waals surface area (Å²) in [6, 6.07) is -0.720. The van der Waals surface area contributed by atoms with E-state index in [4.69, 9.17) is 4.74 Å². The number of rotatable bonds is 44. The van der Waals surface area contributed by atoms with Gasteiger partial charge in [-0.25, -0.2) is 0 Å². The lowest BCUT2D eigenvalue weighted by atomic mass is 10.0. The number of carbonyl (C=O) groups excluding carboxylic acids is 2. The molecular weight excluding hydrogens is 731 g/mol. The summed E-state index contributed by atoms with van der Waals surface area (Å²) in [5.74, 6) is -0.577. The number of aliphatic hydroxyl groups is 2. The van der Waals surface area contributed by atoms with Gasteiger partial charge in [0, 0.05) is 6.42 Å². The van der Waals surface area contributed by atoms with Crippen LogP contribution < -0.4 is 5.32 Å². The molecule has 0 saturated heterocycles. The summed E-state index contributed by atoms with van der Waals surface area (Å²) in [4.78, 5) is 26.0. The van der Waals surface area contributed by atoms with E-state index in [0.717, 1.165) is 83.5 Å². The second-order valence-electron chi connectivity index (χ2n) is 16.8. The molecule has 0 spiro atoms. The van der Waals surface area contributed by atoms with Gasteiger partial charge in [-0.3, -0.25) is 9.59 Å². The number of carbonyl (C=O) groups is 2. The van der Waals surface area contributed by atoms with Gasteiger partial charge in [0.15, 0.2) is 0 Å². The number of nitrogens with one attached hydrogen (secondary N) is 1. The molecule has 0 aromatic rings. The molecule has 59 heavy (non-hydrogen) atoms. The summed E-state index contributed by atoms with van der Waals surface area (Å²) in [5, 5.41) is 23.7. The topological polar surface area (TPSA) is 95.9 Å². The summed E-state index contributed by atoms with van der Waals surface area (Å²) in [6.45, 7) is 6.34. The normalized spacial score (nSPS) is 13.8. The molecule has 6 nitrogen and oxygen atoms in total. The van der Waals surface area contributed by atoms with Crippen LogP contribution in [0.3, 0.4) is 0 Å². The molecule has 3 atom stereocenters. The smallest absolute Gasteiger partial charge is 0.306 e. The SMILES string of the molecule is CC/C=C/C/C=C/C/C=C/CCCCCCC(CC(=O)NC(CO)C(O)CCCCCCCCCCCCCCC)OC(=O)CC/C=C/C/C=C\CCCCCCCC. The van der Waals surface area contributed by atoms with Crippen LogP contribution in [-0.4, -0.2) is 46.9 Å². The molecule has 0 aliphatic heterocycles. The van der Waals surface area contributed by atoms with E-state index in [9.17, 15) is 19.8 Å². The van der Waals surface area contributed by atoms with Crippen LogP contribution >= 0.6 is 0 Å². The molecule has 0 aromatic carbocycles. The molecule has 3 unspecified atom stereocenters. The average Bonchev–Trinajstić information content (AvgIpc) is 3.23. The number of hydrogen-bond donors (Lipinski definition) is 3. The second kappa shape index (κ2) is 46.6. The Hall–Kier alpha value is -2.44. The van der Waals surface area contributed by atoms with Crippen LogP contribution in [0.25, 0.3) is 0 Å². The van der Waals surface area contributed by atoms with Crippen molar-refractivity contribution >= 4 is 11.9 Å². The summed E-state index contributed by atoms with van der Waals surface area (Å²) in [7, 11) is 0. The van der Waals surface area contributed by atoms with Crippen LogP contribution in [0.5, 0.6) is 0 Å². The van der Waals surface area contributed by atoms with Gasteiger partial charge < -0.3 is 20.3 Å². The molecular formula is C53H95NO5. The molecule has 0 heterocycles. The van der Waals surface area contributed by atoms with Crippen LogP contribution in [0, 0.1) is 0 Å². The molecule has 0 radical (unpaired) electrons. The first-order valence-electron chi connectivity index (χ1n) is 25.0. The highest BCUT2D eigenvalue weighted by atomic mass is 16.5. The van der Waals surface area contributed by atoms with Crippen molar-refractivity contribution in [2.45, 2.75) is 257 Å². The van der Waals surface area contributed by atoms with Gasteiger partial charge in [-0.05, 0) is 77.0 Å². The Balaban J connectivity index is 4.69. The zero-order valence-corrected chi connectivity index (χ0v) is 38.9. The van der Waals surface area contributed by atoms with Gasteiger partial charge in [0.1, 0.15) is 6.10 Å². The highest BCUT2D eigenvalue weighted by Gasteiger charge is 2.24. The van der Waals surface area contributed by atoms with Crippen LogP contribution in [0.1, 0.15) is 239 Å². The van der Waals surface area contributed by atoms with E-state index >= 15 is 0 Å². The number of ether oxygens (including phenoxy) is 1. The van der Waals surface area contributed by atoms with Crippen molar-refractivity contribution in [3.63, 3.8) is 0 Å². The largest absolute Gasteiger partial charge is 0.462 e. The van der Waals surface area contributed by atoms with Crippen molar-refractivity contribution in [3.8, 4) is 0 Å². The number of unbranched alkanes of at least 4 members (excludes halogenated alkanes) is 22. The van der Waals surface area contributed by atoms with Gasteiger partial charge in [0.2, 0.25) is 5.91 Å². The number of aliphatic hydroxyl groups excluding tert-OH is 2. The van der Waals surface area contributed by atoms with Gasteiger partial charge in [0.05, 0.1) is 25.2 Å². The zero-order chi connectivity index (χ0) is 43.1. The van der Waals surface area contributed by atoms with Crippen molar-refractivity contribution in [3.05, 3.63) is 60.8 Å². The lowest BCUT2D eigenvalue weighted by Crippen LogP contribution is -2.46. The maximum absolute atomic E-state index is 13.2. The fourth-order valence-corrected chi connectivity index (χ4v) is 7.32. The van der Waals surface area contributed by atoms with Gasteiger partial charge in [-0.15, -0.1) is 0 Å². The summed E-state index contributed by atoms with van der Waals surface area (Å²) >= 11 is 0. The molecule has 0 aliphatic carbocycles. The van der Waals surface area contributed by atoms with E-state index in [1.807, 2.05) is 6.08 Å². The highest BCUT2D eigenvalue weighted by Crippen LogP contribution is 2.17. The summed E-state index contributed by atoms with van der Waals surface area (Å²) in [5.41, 5.74) is 0. The Morgan fingerprint density at radius 1 is 0.508 bits per heavy atom. The molecule has 0 saturated carbocycles. The summed E-state index contributed by atoms with van der Waals surface area (Å²) in [6.07, 6.45) is 57.1. The fraction of sp³-hybridized carbons (Fsp3) is 0.774. The van der Waals surface area contributed by atoms with Gasteiger partial charge in [-0.2, -0.15) is 0 Å². The number of esters is 1. The molecule has 1 amide bonds. The van der Waals surface area contributed by atoms with Crippen molar-refractivity contribution in [1.82, 2.24) is 5.32 Å². The average molecular weight is 826 g/mol. The van der Waals surface area contributed by atoms with Crippen molar-refractivity contribution in [1.29, 1.82) is 0 Å². The first-order chi connectivity index (χ1) is 29.0. The predicted molar refractivity (Wildman–Crippen MR) is 255 cm³/mol. The van der Waals surface area contributed by atoms with E-state index in [-0.39, 0.29) is 31.3 Å². The molecule has 342 valence electrons. The molecule has 0 fully saturated rings. The van der Waals surface area contributed by atoms with E-state index in [1.54, 1.807) is 0 Å². The Kier molecular flexibility index (Phi) is 44.7. The Morgan fingerprint density at radius 2 is 0.915 bits per heavy atom. The van der Waals surface area contributed by atoms with Crippen molar-refractivity contribution in [2.75, 3.05) is 6.61 Å². The van der Waals surface area contributed by atoms with Crippen LogP contribution in [0.4, 0.5) is 0 Å². The molecule has 0 bridgehead atoms. The molecule has 6 heteroatoms. The van der Waals surface area contributed by atoms with Crippen molar-refractivity contribution in [2.24, 2.45) is 0 Å². The number of allylic oxidation sites excluding steroid dienone is 10. The molecule has 3 N–H and O–H groups in total. The van der Waals surface area contributed by atoms with E-state index in [0.29, 0.717) is 19.3 Å². The zero-order valence-electron chi connectivity index (χ0n) is 38.9. The maximum atomic E-state index is 13.2. The molecule has 0 rings (SSSR count). The van der Waals surface area contributed by atoms with Gasteiger partial charge >= 0.3 is 5.97 Å². The van der Waals surface area contributed by atoms with Gasteiger partial charge in [0.25, 0.3) is 0 Å². The lowest BCUT2D eigenvalue weighted by Gasteiger charge is -2.24. The van der Waals surface area contributed by atoms with E-state index < -0.39 is 18.2 Å². The molecule has 0 aliphatic rings. The quantitative estimate of drug-likeness (QED) is 0.0323. The Morgan fingerprint density at radius 3 is 1.39 bits per heavy atom. The Bertz CT molecular complexity index is 1060. The molecule has 0 aromatic heterocycles. The number of hydrogen-bond acceptors (Lipinski definition) is 5. The van der Waals surface area contributed by atoms with Crippen LogP contribution in [-0.2, 0) is 14.3 Å². The third-order valence-electron chi connectivity index (χ3n) is 11.1. The highest BCUT2D eigenvalue weighted by molar-refractivity contribution is 5.77. The maximum Gasteiger partial charge on any atom is 0.306 e. The first-order valence-corrected chi connectivity index (χ1v) is 25.0. The van der Waals surface area contributed by atoms with Crippen molar-refractivity contribution < 1.29 is 24.5 Å². The Labute approximate surface area is 365 Å². The first kappa shape index (κ1) is 56.6. The van der Waals surface area contributed by atoms with E-state index in [1.165, 1.54) is 103 Å². The standard InChI is InChI=1S/C53H95NO5/c1-4-7-10-13-16-19-22-25-28-29-32-35-38-41-44-49(59-53(58)46-43-40-37-34-31-27-24-21-18-15-12-9-6-3)47-52(57)54-50(48-55)51(56)45-42-39-36-33-30-26-23-20-17-14-11-8-5-2/h7,10,16,19,25,27-28,31,37,40,49-51,55-56H,4-6,8-9,11-15,17-18,20-24,26,29-30,32-36,38-39,41-48H2,1-3H3,(H,54,57)/b10-7+,19-16+,28-25+,31-27-,40-37+. The van der Waals surface area contributed by atoms with Gasteiger partial charge in [-0.1, -0.05) is 210 Å². The number of amides is 1. The summed E-state index contributed by atoms with van der Waals surface area (Å²) < 4.78 is 5.88. The van der Waals surface area contributed by atoms with Crippen LogP contribution in [0.15, 0.2) is 60.8 Å². The monoisotopic (exact) mass is 826 g/mol. The van der Waals surface area contributed by atoms with Crippen LogP contribution in [0.2, 0.25) is 0 Å². The third kappa shape index (κ3) is 42.1. The van der Waals surface area contributed by atoms with E-state index in [2.05, 4.69) is 80.8 Å². The minimum absolute atomic E-state index is 0.0391. The fourth-order valence-electron chi connectivity index (χ4n) is 7.32. The third-order valence-corrected chi connectivity index (χ3v) is 11.1. The minimum atomic E-state index is -0.803. The second-order valence-corrected chi connectivity index (χ2v) is 16.8.